The number of hydrogen-bond donors (Lipinski definition) is 0. The van der Waals surface area contributed by atoms with Crippen molar-refractivity contribution in [2.45, 2.75) is 17.4 Å². The monoisotopic (exact) mass is 532 g/mol. The predicted octanol–water partition coefficient (Wildman–Crippen LogP) is 3.86. The van der Waals surface area contributed by atoms with E-state index in [2.05, 4.69) is 15.9 Å². The summed E-state index contributed by atoms with van der Waals surface area (Å²) in [5, 5.41) is 0.509. The van der Waals surface area contributed by atoms with Crippen LogP contribution in [0.15, 0.2) is 48.5 Å². The molecule has 0 amide bonds. The van der Waals surface area contributed by atoms with Gasteiger partial charge < -0.3 is 14.2 Å². The van der Waals surface area contributed by atoms with E-state index in [9.17, 15) is 19.2 Å². The van der Waals surface area contributed by atoms with Gasteiger partial charge in [-0.2, -0.15) is 0 Å². The Hall–Kier alpha value is -2.71. The van der Waals surface area contributed by atoms with E-state index in [0.29, 0.717) is 16.1 Å². The summed E-state index contributed by atoms with van der Waals surface area (Å²) in [5.74, 6) is -2.66. The van der Waals surface area contributed by atoms with Gasteiger partial charge >= 0.3 is 17.9 Å². The largest absolute Gasteiger partial charge is 0.461 e. The van der Waals surface area contributed by atoms with E-state index in [1.165, 1.54) is 24.3 Å². The summed E-state index contributed by atoms with van der Waals surface area (Å²) in [7, 11) is 0. The van der Waals surface area contributed by atoms with Crippen molar-refractivity contribution in [3.63, 3.8) is 0 Å². The van der Waals surface area contributed by atoms with Crippen LogP contribution in [0.25, 0.3) is 0 Å². The van der Waals surface area contributed by atoms with Gasteiger partial charge in [0.25, 0.3) is 0 Å². The predicted molar refractivity (Wildman–Crippen MR) is 119 cm³/mol. The van der Waals surface area contributed by atoms with Crippen LogP contribution in [0.5, 0.6) is 5.75 Å². The zero-order chi connectivity index (χ0) is 23.3. The molecular weight excluding hydrogens is 516 g/mol. The third-order valence-electron chi connectivity index (χ3n) is 6.61. The third kappa shape index (κ3) is 3.95. The molecule has 2 bridgehead atoms. The smallest absolute Gasteiger partial charge is 0.343 e. The summed E-state index contributed by atoms with van der Waals surface area (Å²) in [4.78, 5) is 49.5. The van der Waals surface area contributed by atoms with Crippen molar-refractivity contribution in [1.29, 1.82) is 0 Å². The number of halogens is 2. The molecule has 5 rings (SSSR count). The number of benzene rings is 2. The highest BCUT2D eigenvalue weighted by Gasteiger charge is 2.68. The van der Waals surface area contributed by atoms with E-state index in [1.54, 1.807) is 24.3 Å². The molecule has 2 aromatic carbocycles. The van der Waals surface area contributed by atoms with Gasteiger partial charge in [0, 0.05) is 16.5 Å². The molecule has 0 N–H and O–H groups in total. The molecule has 2 aliphatic carbocycles. The number of ether oxygens (including phenoxy) is 3. The van der Waals surface area contributed by atoms with Gasteiger partial charge in [0.15, 0.2) is 12.4 Å². The number of ketones is 1. The lowest BCUT2D eigenvalue weighted by atomic mass is 9.80. The highest BCUT2D eigenvalue weighted by molar-refractivity contribution is 9.09. The van der Waals surface area contributed by atoms with Crippen LogP contribution in [0.4, 0.5) is 0 Å². The second kappa shape index (κ2) is 8.57. The molecular formula is C24H18BrClO7. The molecule has 0 unspecified atom stereocenters. The summed E-state index contributed by atoms with van der Waals surface area (Å²) in [6, 6.07) is 12.2. The van der Waals surface area contributed by atoms with Crippen molar-refractivity contribution < 1.29 is 33.4 Å². The summed E-state index contributed by atoms with van der Waals surface area (Å²) >= 11 is 9.36. The number of esters is 3. The molecule has 2 aromatic rings. The van der Waals surface area contributed by atoms with Crippen molar-refractivity contribution in [3.8, 4) is 5.75 Å². The number of Topliss-reactive ketones (excluding diaryl/α,β-unsaturated/α-hetero) is 1. The molecule has 33 heavy (non-hydrogen) atoms. The summed E-state index contributed by atoms with van der Waals surface area (Å²) in [6.45, 7) is -0.436. The van der Waals surface area contributed by atoms with E-state index in [1.807, 2.05) is 0 Å². The Labute approximate surface area is 202 Å². The lowest BCUT2D eigenvalue weighted by Crippen LogP contribution is -2.39. The van der Waals surface area contributed by atoms with Crippen LogP contribution in [-0.4, -0.2) is 41.2 Å². The normalized spacial score (nSPS) is 29.0. The Balaban J connectivity index is 1.17. The molecule has 3 fully saturated rings. The number of rotatable bonds is 6. The van der Waals surface area contributed by atoms with E-state index < -0.39 is 36.2 Å². The van der Waals surface area contributed by atoms with Crippen LogP contribution in [0, 0.1) is 23.7 Å². The Morgan fingerprint density at radius 1 is 1.00 bits per heavy atom. The van der Waals surface area contributed by atoms with Crippen LogP contribution in [-0.2, 0) is 19.1 Å². The summed E-state index contributed by atoms with van der Waals surface area (Å²) < 4.78 is 16.0. The zero-order valence-corrected chi connectivity index (χ0v) is 19.5. The Morgan fingerprint density at radius 3 is 2.36 bits per heavy atom. The molecule has 1 heterocycles. The molecule has 0 spiro atoms. The maximum Gasteiger partial charge on any atom is 0.343 e. The fourth-order valence-corrected chi connectivity index (χ4v) is 6.24. The first kappa shape index (κ1) is 22.1. The standard InChI is InChI=1S/C24H18BrClO7/c25-20-15-9-16-19(24(30)33-21(16)20)18(15)23(29)31-10-17(27)11-3-7-14(8-4-11)32-22(28)12-1-5-13(26)6-2-12/h1-8,15-16,18-21H,9-10H2/t15-,16-,18-,19-,20-,21+/m1/s1. The van der Waals surface area contributed by atoms with Gasteiger partial charge in [-0.15, -0.1) is 0 Å². The van der Waals surface area contributed by atoms with Gasteiger partial charge in [-0.1, -0.05) is 27.5 Å². The van der Waals surface area contributed by atoms with Gasteiger partial charge in [0.05, 0.1) is 22.2 Å². The van der Waals surface area contributed by atoms with Crippen molar-refractivity contribution >= 4 is 51.2 Å². The average molecular weight is 534 g/mol. The van der Waals surface area contributed by atoms with Crippen molar-refractivity contribution in [1.82, 2.24) is 0 Å². The molecule has 2 saturated carbocycles. The van der Waals surface area contributed by atoms with Gasteiger partial charge in [-0.25, -0.2) is 4.79 Å². The van der Waals surface area contributed by atoms with E-state index in [4.69, 9.17) is 25.8 Å². The van der Waals surface area contributed by atoms with Gasteiger partial charge in [-0.05, 0) is 60.9 Å². The van der Waals surface area contributed by atoms with Crippen LogP contribution in [0.1, 0.15) is 27.1 Å². The summed E-state index contributed by atoms with van der Waals surface area (Å²) in [6.07, 6.45) is 0.562. The van der Waals surface area contributed by atoms with Crippen LogP contribution >= 0.6 is 27.5 Å². The number of alkyl halides is 1. The molecule has 9 heteroatoms. The lowest BCUT2D eigenvalue weighted by Gasteiger charge is -2.26. The van der Waals surface area contributed by atoms with Gasteiger partial charge in [0.2, 0.25) is 0 Å². The minimum atomic E-state index is -0.590. The number of carbonyl (C=O) groups excluding carboxylic acids is 4. The zero-order valence-electron chi connectivity index (χ0n) is 17.1. The second-order valence-corrected chi connectivity index (χ2v) is 9.91. The fourth-order valence-electron chi connectivity index (χ4n) is 5.07. The van der Waals surface area contributed by atoms with Crippen LogP contribution in [0.2, 0.25) is 5.02 Å². The van der Waals surface area contributed by atoms with Crippen molar-refractivity contribution in [3.05, 3.63) is 64.7 Å². The van der Waals surface area contributed by atoms with Crippen molar-refractivity contribution in [2.75, 3.05) is 6.61 Å². The highest BCUT2D eigenvalue weighted by Crippen LogP contribution is 2.60. The SMILES string of the molecule is O=C(COC(=O)[C@@H]1[C@H]2C[C@H]3[C@H](OC(=O)[C@H]31)[C@@H]2Br)c1ccc(OC(=O)c2ccc(Cl)cc2)cc1. The average Bonchev–Trinajstić information content (AvgIpc) is 3.42. The molecule has 6 atom stereocenters. The number of fused-ring (bicyclic) bond motifs is 1. The maximum absolute atomic E-state index is 12.7. The highest BCUT2D eigenvalue weighted by atomic mass is 79.9. The molecule has 7 nitrogen and oxygen atoms in total. The first-order valence-corrected chi connectivity index (χ1v) is 11.7. The van der Waals surface area contributed by atoms with Crippen LogP contribution < -0.4 is 4.74 Å². The molecule has 3 aliphatic rings. The van der Waals surface area contributed by atoms with Crippen LogP contribution in [0.3, 0.4) is 0 Å². The fraction of sp³-hybridized carbons (Fsp3) is 0.333. The van der Waals surface area contributed by atoms with E-state index in [-0.39, 0.29) is 34.5 Å². The third-order valence-corrected chi connectivity index (χ3v) is 8.06. The summed E-state index contributed by atoms with van der Waals surface area (Å²) in [5.41, 5.74) is 0.649. The van der Waals surface area contributed by atoms with Crippen molar-refractivity contribution in [2.24, 2.45) is 23.7 Å². The first-order valence-electron chi connectivity index (χ1n) is 10.5. The Bertz CT molecular complexity index is 1130. The Kier molecular flexibility index (Phi) is 5.74. The minimum absolute atomic E-state index is 0.0308. The quantitative estimate of drug-likeness (QED) is 0.241. The molecule has 0 radical (unpaired) electrons. The molecule has 170 valence electrons. The molecule has 1 saturated heterocycles. The molecule has 0 aromatic heterocycles. The van der Waals surface area contributed by atoms with E-state index in [0.717, 1.165) is 6.42 Å². The second-order valence-electron chi connectivity index (χ2n) is 8.41. The molecule has 1 aliphatic heterocycles. The first-order chi connectivity index (χ1) is 15.8. The van der Waals surface area contributed by atoms with Gasteiger partial charge in [-0.3, -0.25) is 14.4 Å². The maximum atomic E-state index is 12.7. The number of carbonyl (C=O) groups is 4. The lowest BCUT2D eigenvalue weighted by molar-refractivity contribution is -0.154. The van der Waals surface area contributed by atoms with E-state index >= 15 is 0 Å². The topological polar surface area (TPSA) is 96.0 Å². The van der Waals surface area contributed by atoms with Gasteiger partial charge in [0.1, 0.15) is 11.9 Å². The number of hydrogen-bond acceptors (Lipinski definition) is 7. The Morgan fingerprint density at radius 2 is 1.67 bits per heavy atom. The minimum Gasteiger partial charge on any atom is -0.461 e.